The maximum atomic E-state index is 4.61. The third-order valence-corrected chi connectivity index (χ3v) is 5.45. The van der Waals surface area contributed by atoms with Crippen LogP contribution >= 0.6 is 35.3 Å². The monoisotopic (exact) mass is 510 g/mol. The number of thiazole rings is 1. The van der Waals surface area contributed by atoms with Gasteiger partial charge in [0.2, 0.25) is 0 Å². The van der Waals surface area contributed by atoms with Gasteiger partial charge in [-0.3, -0.25) is 4.99 Å². The Morgan fingerprint density at radius 1 is 1.11 bits per heavy atom. The number of nitrogens with zero attached hydrogens (tertiary/aromatic N) is 4. The summed E-state index contributed by atoms with van der Waals surface area (Å²) in [6.07, 6.45) is 0. The van der Waals surface area contributed by atoms with Crippen LogP contribution < -0.4 is 10.6 Å². The summed E-state index contributed by atoms with van der Waals surface area (Å²) >= 11 is 1.72. The Labute approximate surface area is 187 Å². The van der Waals surface area contributed by atoms with Crippen LogP contribution in [0.4, 0.5) is 0 Å². The van der Waals surface area contributed by atoms with Crippen LogP contribution in [-0.4, -0.2) is 27.8 Å². The van der Waals surface area contributed by atoms with Crippen LogP contribution in [0.5, 0.6) is 0 Å². The molecule has 0 radical (unpaired) electrons. The molecule has 8 heteroatoms. The van der Waals surface area contributed by atoms with Gasteiger partial charge in [-0.05, 0) is 45.4 Å². The average Bonchev–Trinajstić information content (AvgIpc) is 3.16. The minimum Gasteiger partial charge on any atom is -0.352 e. The Morgan fingerprint density at radius 3 is 2.43 bits per heavy atom. The summed E-state index contributed by atoms with van der Waals surface area (Å²) in [5.41, 5.74) is 5.47. The lowest BCUT2D eigenvalue weighted by Gasteiger charge is -2.14. The highest BCUT2D eigenvalue weighted by Crippen LogP contribution is 2.17. The van der Waals surface area contributed by atoms with Crippen molar-refractivity contribution in [3.05, 3.63) is 62.9 Å². The van der Waals surface area contributed by atoms with E-state index >= 15 is 0 Å². The van der Waals surface area contributed by atoms with E-state index in [9.17, 15) is 0 Å². The second kappa shape index (κ2) is 10.0. The summed E-state index contributed by atoms with van der Waals surface area (Å²) < 4.78 is 1.99. The van der Waals surface area contributed by atoms with Gasteiger partial charge in [-0.15, -0.1) is 35.3 Å². The fourth-order valence-corrected chi connectivity index (χ4v) is 3.79. The van der Waals surface area contributed by atoms with Crippen molar-refractivity contribution in [3.63, 3.8) is 0 Å². The van der Waals surface area contributed by atoms with Gasteiger partial charge in [0.15, 0.2) is 5.96 Å². The molecule has 28 heavy (non-hydrogen) atoms. The summed E-state index contributed by atoms with van der Waals surface area (Å²) in [6, 6.07) is 10.4. The van der Waals surface area contributed by atoms with E-state index < -0.39 is 0 Å². The molecule has 0 fully saturated rings. The van der Waals surface area contributed by atoms with Gasteiger partial charge in [0.25, 0.3) is 0 Å². The quantitative estimate of drug-likeness (QED) is 0.309. The molecule has 0 aliphatic heterocycles. The number of hydrogen-bond donors (Lipinski definition) is 2. The summed E-state index contributed by atoms with van der Waals surface area (Å²) in [5, 5.41) is 12.4. The molecule has 1 aromatic carbocycles. The predicted molar refractivity (Wildman–Crippen MR) is 127 cm³/mol. The van der Waals surface area contributed by atoms with Crippen molar-refractivity contribution < 1.29 is 0 Å². The third kappa shape index (κ3) is 5.32. The highest BCUT2D eigenvalue weighted by atomic mass is 127. The van der Waals surface area contributed by atoms with Crippen molar-refractivity contribution in [1.82, 2.24) is 25.4 Å². The predicted octanol–water partition coefficient (Wildman–Crippen LogP) is 4.05. The van der Waals surface area contributed by atoms with E-state index in [1.54, 1.807) is 18.4 Å². The maximum Gasteiger partial charge on any atom is 0.191 e. The zero-order valence-corrected chi connectivity index (χ0v) is 20.1. The normalized spacial score (nSPS) is 11.2. The molecule has 2 N–H and O–H groups in total. The van der Waals surface area contributed by atoms with Crippen molar-refractivity contribution in [2.75, 3.05) is 7.05 Å². The SMILES string of the molecule is CN=C(NCc1nc(C)c(C)s1)NCc1ccccc1-n1nc(C)cc1C.I. The van der Waals surface area contributed by atoms with Gasteiger partial charge < -0.3 is 10.6 Å². The smallest absolute Gasteiger partial charge is 0.191 e. The highest BCUT2D eigenvalue weighted by molar-refractivity contribution is 14.0. The Kier molecular flexibility index (Phi) is 7.99. The number of aliphatic imine (C=N–C) groups is 1. The number of para-hydroxylation sites is 1. The molecule has 150 valence electrons. The number of nitrogens with one attached hydrogen (secondary N) is 2. The van der Waals surface area contributed by atoms with Gasteiger partial charge >= 0.3 is 0 Å². The first kappa shape index (κ1) is 22.4. The Hall–Kier alpha value is -1.94. The average molecular weight is 510 g/mol. The van der Waals surface area contributed by atoms with Crippen LogP contribution in [0.25, 0.3) is 5.69 Å². The third-order valence-electron chi connectivity index (χ3n) is 4.38. The minimum absolute atomic E-state index is 0. The van der Waals surface area contributed by atoms with Gasteiger partial charge in [-0.2, -0.15) is 5.10 Å². The molecule has 3 aromatic rings. The van der Waals surface area contributed by atoms with E-state index in [0.29, 0.717) is 13.1 Å². The molecule has 0 saturated carbocycles. The van der Waals surface area contributed by atoms with Crippen LogP contribution in [-0.2, 0) is 13.1 Å². The van der Waals surface area contributed by atoms with Crippen molar-refractivity contribution in [1.29, 1.82) is 0 Å². The van der Waals surface area contributed by atoms with E-state index in [0.717, 1.165) is 39.3 Å². The van der Waals surface area contributed by atoms with Gasteiger partial charge in [-0.1, -0.05) is 18.2 Å². The van der Waals surface area contributed by atoms with E-state index in [2.05, 4.69) is 57.8 Å². The van der Waals surface area contributed by atoms with Crippen molar-refractivity contribution in [2.45, 2.75) is 40.8 Å². The fraction of sp³-hybridized carbons (Fsp3) is 0.350. The van der Waals surface area contributed by atoms with E-state index in [-0.39, 0.29) is 24.0 Å². The number of aromatic nitrogens is 3. The lowest BCUT2D eigenvalue weighted by atomic mass is 10.1. The zero-order valence-electron chi connectivity index (χ0n) is 16.9. The largest absolute Gasteiger partial charge is 0.352 e. The van der Waals surface area contributed by atoms with Crippen LogP contribution in [0.2, 0.25) is 0 Å². The molecule has 0 saturated heterocycles. The molecule has 0 amide bonds. The Morgan fingerprint density at radius 2 is 1.82 bits per heavy atom. The first-order valence-electron chi connectivity index (χ1n) is 8.97. The zero-order chi connectivity index (χ0) is 19.4. The Balaban J connectivity index is 0.00000280. The Bertz CT molecular complexity index is 940. The van der Waals surface area contributed by atoms with Gasteiger partial charge in [0.1, 0.15) is 5.01 Å². The number of aryl methyl sites for hydroxylation is 4. The molecular weight excluding hydrogens is 483 g/mol. The van der Waals surface area contributed by atoms with Crippen molar-refractivity contribution >= 4 is 41.3 Å². The minimum atomic E-state index is 0. The number of hydrogen-bond acceptors (Lipinski definition) is 4. The van der Waals surface area contributed by atoms with Crippen molar-refractivity contribution in [3.8, 4) is 5.69 Å². The van der Waals surface area contributed by atoms with Crippen LogP contribution in [0.1, 0.15) is 32.5 Å². The standard InChI is InChI=1S/C20H26N6S.HI/c1-13-10-14(2)26(25-13)18-9-7-6-8-17(18)11-22-20(21-5)23-12-19-24-15(3)16(4)27-19;/h6-10H,11-12H2,1-5H3,(H2,21,22,23);1H. The van der Waals surface area contributed by atoms with Gasteiger partial charge in [0, 0.05) is 24.2 Å². The number of guanidine groups is 1. The molecular formula is C20H27IN6S. The second-order valence-electron chi connectivity index (χ2n) is 6.50. The van der Waals surface area contributed by atoms with Crippen LogP contribution in [0.15, 0.2) is 35.3 Å². The summed E-state index contributed by atoms with van der Waals surface area (Å²) in [7, 11) is 1.78. The van der Waals surface area contributed by atoms with E-state index in [4.69, 9.17) is 0 Å². The molecule has 2 aromatic heterocycles. The molecule has 2 heterocycles. The summed E-state index contributed by atoms with van der Waals surface area (Å²) in [5.74, 6) is 0.753. The molecule has 0 unspecified atom stereocenters. The first-order chi connectivity index (χ1) is 13.0. The summed E-state index contributed by atoms with van der Waals surface area (Å²) in [6.45, 7) is 9.54. The molecule has 0 aliphatic carbocycles. The topological polar surface area (TPSA) is 67.1 Å². The molecule has 6 nitrogen and oxygen atoms in total. The van der Waals surface area contributed by atoms with E-state index in [1.807, 2.05) is 30.7 Å². The van der Waals surface area contributed by atoms with Gasteiger partial charge in [0.05, 0.1) is 23.6 Å². The maximum absolute atomic E-state index is 4.61. The number of rotatable bonds is 5. The highest BCUT2D eigenvalue weighted by Gasteiger charge is 2.10. The van der Waals surface area contributed by atoms with Gasteiger partial charge in [-0.25, -0.2) is 9.67 Å². The number of halogens is 1. The molecule has 3 rings (SSSR count). The molecule has 0 atom stereocenters. The summed E-state index contributed by atoms with van der Waals surface area (Å²) in [4.78, 5) is 10.1. The molecule has 0 spiro atoms. The molecule has 0 bridgehead atoms. The lowest BCUT2D eigenvalue weighted by molar-refractivity contribution is 0.779. The lowest BCUT2D eigenvalue weighted by Crippen LogP contribution is -2.36. The van der Waals surface area contributed by atoms with Crippen LogP contribution in [0, 0.1) is 27.7 Å². The second-order valence-corrected chi connectivity index (χ2v) is 7.78. The first-order valence-corrected chi connectivity index (χ1v) is 9.78. The fourth-order valence-electron chi connectivity index (χ4n) is 2.91. The van der Waals surface area contributed by atoms with Crippen molar-refractivity contribution in [2.24, 2.45) is 4.99 Å². The van der Waals surface area contributed by atoms with Crippen LogP contribution in [0.3, 0.4) is 0 Å². The number of benzene rings is 1. The molecule has 0 aliphatic rings. The van der Waals surface area contributed by atoms with E-state index in [1.165, 1.54) is 4.88 Å².